The Morgan fingerprint density at radius 3 is 2.35 bits per heavy atom. The third kappa shape index (κ3) is 3.28. The van der Waals surface area contributed by atoms with Crippen molar-refractivity contribution in [2.75, 3.05) is 0 Å². The van der Waals surface area contributed by atoms with Gasteiger partial charge in [0.05, 0.1) is 4.90 Å². The average Bonchev–Trinajstić information content (AvgIpc) is 2.39. The van der Waals surface area contributed by atoms with E-state index < -0.39 is 20.8 Å². The van der Waals surface area contributed by atoms with Gasteiger partial charge >= 0.3 is 5.97 Å². The largest absolute Gasteiger partial charge is 0.507 e. The van der Waals surface area contributed by atoms with Crippen molar-refractivity contribution in [1.82, 2.24) is 0 Å². The van der Waals surface area contributed by atoms with Crippen molar-refractivity contribution in [3.05, 3.63) is 54.1 Å². The molecule has 0 saturated carbocycles. The topological polar surface area (TPSA) is 80.7 Å². The summed E-state index contributed by atoms with van der Waals surface area (Å²) < 4.78 is 27.4. The molecule has 0 heterocycles. The minimum absolute atomic E-state index is 0.274. The quantitative estimate of drug-likeness (QED) is 0.535. The summed E-state index contributed by atoms with van der Waals surface area (Å²) in [6, 6.07) is 11.3. The van der Waals surface area contributed by atoms with Gasteiger partial charge in [-0.05, 0) is 30.3 Å². The van der Waals surface area contributed by atoms with Gasteiger partial charge in [0.15, 0.2) is 0 Å². The highest BCUT2D eigenvalue weighted by atomic mass is 35.7. The van der Waals surface area contributed by atoms with Crippen LogP contribution in [0.25, 0.3) is 0 Å². The number of benzene rings is 2. The predicted molar refractivity (Wildman–Crippen MR) is 72.5 cm³/mol. The smallest absolute Gasteiger partial charge is 0.347 e. The van der Waals surface area contributed by atoms with E-state index in [-0.39, 0.29) is 16.2 Å². The second kappa shape index (κ2) is 5.52. The summed E-state index contributed by atoms with van der Waals surface area (Å²) in [6.07, 6.45) is 0. The lowest BCUT2D eigenvalue weighted by atomic mass is 10.2. The number of hydrogen-bond donors (Lipinski definition) is 1. The number of ether oxygens (including phenoxy) is 1. The monoisotopic (exact) mass is 312 g/mol. The lowest BCUT2D eigenvalue weighted by Crippen LogP contribution is -2.09. The van der Waals surface area contributed by atoms with E-state index in [0.717, 1.165) is 18.2 Å². The van der Waals surface area contributed by atoms with Gasteiger partial charge in [0, 0.05) is 10.7 Å². The summed E-state index contributed by atoms with van der Waals surface area (Å²) >= 11 is 0. The van der Waals surface area contributed by atoms with Gasteiger partial charge in [0.2, 0.25) is 0 Å². The zero-order chi connectivity index (χ0) is 14.8. The third-order valence-electron chi connectivity index (χ3n) is 2.42. The van der Waals surface area contributed by atoms with E-state index in [9.17, 15) is 18.3 Å². The van der Waals surface area contributed by atoms with Crippen LogP contribution in [0.5, 0.6) is 11.5 Å². The van der Waals surface area contributed by atoms with E-state index in [1.165, 1.54) is 0 Å². The molecule has 0 fully saturated rings. The van der Waals surface area contributed by atoms with Crippen LogP contribution in [0.3, 0.4) is 0 Å². The first-order chi connectivity index (χ1) is 9.38. The van der Waals surface area contributed by atoms with Gasteiger partial charge < -0.3 is 9.84 Å². The van der Waals surface area contributed by atoms with Crippen LogP contribution in [0.15, 0.2) is 53.4 Å². The standard InChI is InChI=1S/C13H9ClO5S/c14-20(17,18)10-6-7-12(15)11(8-10)13(16)19-9-4-2-1-3-5-9/h1-8,15H. The maximum Gasteiger partial charge on any atom is 0.347 e. The zero-order valence-corrected chi connectivity index (χ0v) is 11.6. The van der Waals surface area contributed by atoms with Crippen LogP contribution in [0.4, 0.5) is 0 Å². The molecule has 1 N–H and O–H groups in total. The van der Waals surface area contributed by atoms with Gasteiger partial charge in [-0.25, -0.2) is 13.2 Å². The maximum atomic E-state index is 11.9. The van der Waals surface area contributed by atoms with Crippen LogP contribution in [0.1, 0.15) is 10.4 Å². The van der Waals surface area contributed by atoms with Crippen molar-refractivity contribution in [2.24, 2.45) is 0 Å². The van der Waals surface area contributed by atoms with Gasteiger partial charge in [0.25, 0.3) is 9.05 Å². The fourth-order valence-corrected chi connectivity index (χ4v) is 2.26. The normalized spacial score (nSPS) is 11.1. The molecule has 0 aliphatic heterocycles. The van der Waals surface area contributed by atoms with Crippen molar-refractivity contribution in [3.63, 3.8) is 0 Å². The first-order valence-electron chi connectivity index (χ1n) is 5.43. The number of phenols is 1. The molecule has 0 aromatic heterocycles. The Morgan fingerprint density at radius 1 is 1.10 bits per heavy atom. The van der Waals surface area contributed by atoms with E-state index >= 15 is 0 Å². The summed E-state index contributed by atoms with van der Waals surface area (Å²) in [5.41, 5.74) is -0.282. The van der Waals surface area contributed by atoms with Gasteiger partial charge in [-0.15, -0.1) is 0 Å². The molecule has 104 valence electrons. The van der Waals surface area contributed by atoms with Gasteiger partial charge in [-0.1, -0.05) is 18.2 Å². The average molecular weight is 313 g/mol. The van der Waals surface area contributed by atoms with E-state index in [0.29, 0.717) is 0 Å². The van der Waals surface area contributed by atoms with Gasteiger partial charge in [-0.2, -0.15) is 0 Å². The number of carbonyl (C=O) groups is 1. The van der Waals surface area contributed by atoms with Crippen LogP contribution in [0.2, 0.25) is 0 Å². The van der Waals surface area contributed by atoms with Crippen LogP contribution < -0.4 is 4.74 Å². The Kier molecular flexibility index (Phi) is 3.96. The van der Waals surface area contributed by atoms with Crippen LogP contribution >= 0.6 is 10.7 Å². The molecular weight excluding hydrogens is 304 g/mol. The summed E-state index contributed by atoms with van der Waals surface area (Å²) in [5, 5.41) is 9.61. The van der Waals surface area contributed by atoms with Gasteiger partial charge in [0.1, 0.15) is 17.1 Å². The summed E-state index contributed by atoms with van der Waals surface area (Å²) in [7, 11) is 1.19. The molecule has 0 radical (unpaired) electrons. The molecule has 0 spiro atoms. The van der Waals surface area contributed by atoms with Crippen molar-refractivity contribution < 1.29 is 23.1 Å². The van der Waals surface area contributed by atoms with Crippen LogP contribution in [-0.4, -0.2) is 19.5 Å². The fourth-order valence-electron chi connectivity index (χ4n) is 1.48. The number of phenolic OH excluding ortho intramolecular Hbond substituents is 1. The first-order valence-corrected chi connectivity index (χ1v) is 7.74. The minimum atomic E-state index is -4.00. The predicted octanol–water partition coefficient (Wildman–Crippen LogP) is 2.54. The molecule has 2 rings (SSSR count). The fraction of sp³-hybridized carbons (Fsp3) is 0. The van der Waals surface area contributed by atoms with Crippen molar-refractivity contribution in [1.29, 1.82) is 0 Å². The Labute approximate surface area is 119 Å². The number of aromatic hydroxyl groups is 1. The summed E-state index contributed by atoms with van der Waals surface area (Å²) in [6.45, 7) is 0. The highest BCUT2D eigenvalue weighted by Crippen LogP contribution is 2.25. The minimum Gasteiger partial charge on any atom is -0.507 e. The molecule has 20 heavy (non-hydrogen) atoms. The van der Waals surface area contributed by atoms with E-state index in [4.69, 9.17) is 15.4 Å². The molecule has 0 amide bonds. The molecule has 2 aromatic carbocycles. The van der Waals surface area contributed by atoms with Crippen molar-refractivity contribution in [3.8, 4) is 11.5 Å². The second-order valence-corrected chi connectivity index (χ2v) is 6.39. The number of para-hydroxylation sites is 1. The number of hydrogen-bond acceptors (Lipinski definition) is 5. The highest BCUT2D eigenvalue weighted by Gasteiger charge is 2.18. The number of carbonyl (C=O) groups excluding carboxylic acids is 1. The van der Waals surface area contributed by atoms with E-state index in [2.05, 4.69) is 0 Å². The molecule has 7 heteroatoms. The molecule has 0 aliphatic rings. The maximum absolute atomic E-state index is 11.9. The molecule has 0 bridgehead atoms. The molecule has 0 atom stereocenters. The van der Waals surface area contributed by atoms with Crippen LogP contribution in [-0.2, 0) is 9.05 Å². The lowest BCUT2D eigenvalue weighted by Gasteiger charge is -2.06. The number of halogens is 1. The summed E-state index contributed by atoms with van der Waals surface area (Å²) in [4.78, 5) is 11.6. The third-order valence-corrected chi connectivity index (χ3v) is 3.77. The van der Waals surface area contributed by atoms with E-state index in [1.807, 2.05) is 0 Å². The Morgan fingerprint density at radius 2 is 1.75 bits per heavy atom. The van der Waals surface area contributed by atoms with Crippen molar-refractivity contribution in [2.45, 2.75) is 4.90 Å². The summed E-state index contributed by atoms with van der Waals surface area (Å²) in [5.74, 6) is -0.998. The molecule has 0 aliphatic carbocycles. The van der Waals surface area contributed by atoms with Crippen LogP contribution in [0, 0.1) is 0 Å². The zero-order valence-electron chi connectivity index (χ0n) is 9.99. The van der Waals surface area contributed by atoms with Gasteiger partial charge in [-0.3, -0.25) is 0 Å². The van der Waals surface area contributed by atoms with Crippen molar-refractivity contribution >= 4 is 25.7 Å². The Balaban J connectivity index is 2.35. The Hall–Kier alpha value is -2.05. The molecule has 5 nitrogen and oxygen atoms in total. The van der Waals surface area contributed by atoms with E-state index in [1.54, 1.807) is 30.3 Å². The number of esters is 1. The second-order valence-electron chi connectivity index (χ2n) is 3.82. The molecule has 2 aromatic rings. The number of rotatable bonds is 3. The highest BCUT2D eigenvalue weighted by molar-refractivity contribution is 8.13. The molecule has 0 unspecified atom stereocenters. The Bertz CT molecular complexity index is 741. The lowest BCUT2D eigenvalue weighted by molar-refractivity contribution is 0.0731. The SMILES string of the molecule is O=C(Oc1ccccc1)c1cc(S(=O)(=O)Cl)ccc1O. The molecular formula is C13H9ClO5S. The first kappa shape index (κ1) is 14.4. The molecule has 0 saturated heterocycles.